The minimum absolute atomic E-state index is 0.0939. The number of β-lactam (4-membered cyclic amide) rings is 1. The molecule has 3 fully saturated rings. The number of aromatic nitrogens is 1. The summed E-state index contributed by atoms with van der Waals surface area (Å²) >= 11 is 1.39. The normalized spacial score (nSPS) is 26.0. The highest BCUT2D eigenvalue weighted by Crippen LogP contribution is 2.40. The first-order valence-corrected chi connectivity index (χ1v) is 15.0. The lowest BCUT2D eigenvalue weighted by Gasteiger charge is -2.47. The quantitative estimate of drug-likeness (QED) is 0.152. The monoisotopic (exact) mass is 611 g/mol. The number of ether oxygens (including phenoxy) is 1. The van der Waals surface area contributed by atoms with Crippen molar-refractivity contribution in [3.8, 4) is 0 Å². The second-order valence-corrected chi connectivity index (χ2v) is 12.4. The van der Waals surface area contributed by atoms with E-state index in [1.54, 1.807) is 32.8 Å². The van der Waals surface area contributed by atoms with Gasteiger partial charge >= 0.3 is 12.1 Å². The summed E-state index contributed by atoms with van der Waals surface area (Å²) in [4.78, 5) is 66.6. The molecule has 0 spiro atoms. The number of carbonyl (C=O) groups excluding carboxylic acids is 4. The number of hydrogen-bond donors (Lipinski definition) is 3. The standard InChI is InChI=1S/C29H34N6O7S/c1-3-12-42-28(41)34-11-7-29(2,17-34)31-21(36)15-32-8-4-18(5-9-32)14-33-10-6-19(24(33)37)13-20-16-43-26-22(30)25(38)35(26)23(20)27(39)40/h3-5,8-9,13,22,26H,1,6-7,10-12,14-17,30H2,2H3,(H-,31,36,39,40)/p+1/b19-13+/t22-,26-,29?/m1/s1. The Morgan fingerprint density at radius 1 is 1.28 bits per heavy atom. The van der Waals surface area contributed by atoms with Crippen LogP contribution in [0.4, 0.5) is 4.79 Å². The van der Waals surface area contributed by atoms with Crippen molar-refractivity contribution in [2.45, 2.75) is 49.8 Å². The summed E-state index contributed by atoms with van der Waals surface area (Å²) in [5, 5.41) is 12.4. The molecular weight excluding hydrogens is 576 g/mol. The second kappa shape index (κ2) is 12.2. The third kappa shape index (κ3) is 6.30. The molecule has 0 radical (unpaired) electrons. The topological polar surface area (TPSA) is 166 Å². The van der Waals surface area contributed by atoms with Crippen LogP contribution in [0.25, 0.3) is 0 Å². The minimum atomic E-state index is -1.21. The maximum absolute atomic E-state index is 13.1. The van der Waals surface area contributed by atoms with Crippen LogP contribution < -0.4 is 15.6 Å². The van der Waals surface area contributed by atoms with Gasteiger partial charge in [0.15, 0.2) is 12.4 Å². The maximum Gasteiger partial charge on any atom is 0.410 e. The number of fused-ring (bicyclic) bond motifs is 1. The van der Waals surface area contributed by atoms with Gasteiger partial charge in [0.25, 0.3) is 5.91 Å². The fourth-order valence-electron chi connectivity index (χ4n) is 5.71. The Morgan fingerprint density at radius 3 is 2.72 bits per heavy atom. The third-order valence-corrected chi connectivity index (χ3v) is 9.28. The van der Waals surface area contributed by atoms with Gasteiger partial charge in [-0.1, -0.05) is 12.7 Å². The molecular formula is C29H35N6O7S+. The number of carbonyl (C=O) groups is 5. The van der Waals surface area contributed by atoms with E-state index >= 15 is 0 Å². The van der Waals surface area contributed by atoms with Gasteiger partial charge in [-0.25, -0.2) is 9.59 Å². The van der Waals surface area contributed by atoms with E-state index in [-0.39, 0.29) is 30.7 Å². The average Bonchev–Trinajstić information content (AvgIpc) is 3.53. The summed E-state index contributed by atoms with van der Waals surface area (Å²) in [6.45, 7) is 7.36. The van der Waals surface area contributed by atoms with Gasteiger partial charge in [0.1, 0.15) is 23.7 Å². The zero-order chi connectivity index (χ0) is 30.9. The fourth-order valence-corrected chi connectivity index (χ4v) is 6.97. The van der Waals surface area contributed by atoms with Crippen LogP contribution in [-0.4, -0.2) is 98.5 Å². The van der Waals surface area contributed by atoms with Crippen LogP contribution in [0.3, 0.4) is 0 Å². The third-order valence-electron chi connectivity index (χ3n) is 7.96. The predicted molar refractivity (Wildman–Crippen MR) is 155 cm³/mol. The highest BCUT2D eigenvalue weighted by atomic mass is 32.2. The van der Waals surface area contributed by atoms with Gasteiger partial charge in [0.05, 0.1) is 5.54 Å². The highest BCUT2D eigenvalue weighted by Gasteiger charge is 2.51. The summed E-state index contributed by atoms with van der Waals surface area (Å²) in [6, 6.07) is 2.98. The van der Waals surface area contributed by atoms with Crippen molar-refractivity contribution in [2.75, 3.05) is 32.0 Å². The van der Waals surface area contributed by atoms with Crippen LogP contribution >= 0.6 is 11.8 Å². The number of carboxylic acids is 1. The number of thioether (sulfide) groups is 1. The molecule has 1 unspecified atom stereocenters. The van der Waals surface area contributed by atoms with E-state index in [1.165, 1.54) is 22.7 Å². The minimum Gasteiger partial charge on any atom is -0.477 e. The van der Waals surface area contributed by atoms with Crippen molar-refractivity contribution in [3.05, 3.63) is 65.7 Å². The van der Waals surface area contributed by atoms with E-state index in [0.29, 0.717) is 55.9 Å². The molecule has 0 bridgehead atoms. The summed E-state index contributed by atoms with van der Waals surface area (Å²) in [6.07, 6.45) is 7.32. The van der Waals surface area contributed by atoms with E-state index in [4.69, 9.17) is 10.5 Å². The molecule has 4 N–H and O–H groups in total. The van der Waals surface area contributed by atoms with Gasteiger partial charge in [-0.05, 0) is 37.0 Å². The SMILES string of the molecule is C=CCOC(=O)N1CCC(C)(NC(=O)C[n+]2ccc(CN3CC/C(=C\C4=C(C(=O)O)N5C(=O)[C@@H](N)[C@H]5SC4)C3=O)cc2)C1. The first kappa shape index (κ1) is 30.3. The number of allylic oxidation sites excluding steroid dienone is 1. The molecule has 228 valence electrons. The van der Waals surface area contributed by atoms with Crippen LogP contribution in [0.5, 0.6) is 0 Å². The van der Waals surface area contributed by atoms with Gasteiger partial charge in [-0.3, -0.25) is 19.3 Å². The van der Waals surface area contributed by atoms with Gasteiger partial charge in [0.2, 0.25) is 18.4 Å². The van der Waals surface area contributed by atoms with Gasteiger partial charge in [-0.15, -0.1) is 11.8 Å². The fraction of sp³-hybridized carbons (Fsp3) is 0.448. The molecule has 5 heterocycles. The number of nitrogens with two attached hydrogens (primary N) is 1. The smallest absolute Gasteiger partial charge is 0.410 e. The average molecular weight is 612 g/mol. The predicted octanol–water partition coefficient (Wildman–Crippen LogP) is 0.117. The van der Waals surface area contributed by atoms with Gasteiger partial charge in [0, 0.05) is 49.6 Å². The molecule has 0 aliphatic carbocycles. The summed E-state index contributed by atoms with van der Waals surface area (Å²) in [5.74, 6) is -1.65. The number of hydrogen-bond acceptors (Lipinski definition) is 8. The molecule has 4 aliphatic heterocycles. The molecule has 0 aromatic carbocycles. The molecule has 14 heteroatoms. The van der Waals surface area contributed by atoms with Crippen LogP contribution in [-0.2, 0) is 37.0 Å². The first-order chi connectivity index (χ1) is 20.5. The molecule has 3 saturated heterocycles. The molecule has 13 nitrogen and oxygen atoms in total. The molecule has 3 atom stereocenters. The van der Waals surface area contributed by atoms with Crippen molar-refractivity contribution in [1.29, 1.82) is 0 Å². The largest absolute Gasteiger partial charge is 0.477 e. The van der Waals surface area contributed by atoms with E-state index in [1.807, 2.05) is 19.1 Å². The van der Waals surface area contributed by atoms with Crippen molar-refractivity contribution in [1.82, 2.24) is 20.0 Å². The summed E-state index contributed by atoms with van der Waals surface area (Å²) in [7, 11) is 0. The number of aliphatic carboxylic acids is 1. The Morgan fingerprint density at radius 2 is 2.02 bits per heavy atom. The lowest BCUT2D eigenvalue weighted by molar-refractivity contribution is -0.684. The van der Waals surface area contributed by atoms with Crippen LogP contribution in [0.2, 0.25) is 0 Å². The first-order valence-electron chi connectivity index (χ1n) is 14.0. The summed E-state index contributed by atoms with van der Waals surface area (Å²) < 4.78 is 6.82. The Labute approximate surface area is 253 Å². The number of likely N-dealkylation sites (tertiary alicyclic amines) is 2. The molecule has 43 heavy (non-hydrogen) atoms. The number of carboxylic acid groups (broad SMARTS) is 1. The van der Waals surface area contributed by atoms with Crippen LogP contribution in [0.15, 0.2) is 60.1 Å². The lowest BCUT2D eigenvalue weighted by Crippen LogP contribution is -2.68. The zero-order valence-electron chi connectivity index (χ0n) is 23.9. The highest BCUT2D eigenvalue weighted by molar-refractivity contribution is 8.00. The van der Waals surface area contributed by atoms with Crippen molar-refractivity contribution >= 4 is 41.5 Å². The van der Waals surface area contributed by atoms with Gasteiger partial charge < -0.3 is 30.7 Å². The maximum atomic E-state index is 13.1. The second-order valence-electron chi connectivity index (χ2n) is 11.3. The summed E-state index contributed by atoms with van der Waals surface area (Å²) in [5.41, 5.74) is 6.98. The number of nitrogens with zero attached hydrogens (tertiary/aromatic N) is 4. The number of amides is 4. The van der Waals surface area contributed by atoms with E-state index in [0.717, 1.165) is 5.56 Å². The molecule has 0 saturated carbocycles. The molecule has 5 rings (SSSR count). The van der Waals surface area contributed by atoms with Crippen LogP contribution in [0.1, 0.15) is 25.3 Å². The number of rotatable bonds is 9. The van der Waals surface area contributed by atoms with Gasteiger partial charge in [-0.2, -0.15) is 4.57 Å². The molecule has 1 aromatic heterocycles. The Bertz CT molecular complexity index is 1430. The number of pyridine rings is 1. The Balaban J connectivity index is 1.15. The lowest BCUT2D eigenvalue weighted by atomic mass is 10.0. The molecule has 1 aromatic rings. The van der Waals surface area contributed by atoms with Crippen LogP contribution in [0, 0.1) is 0 Å². The Kier molecular flexibility index (Phi) is 8.60. The van der Waals surface area contributed by atoms with E-state index in [2.05, 4.69) is 11.9 Å². The Hall–Kier alpha value is -4.17. The molecule has 4 amide bonds. The zero-order valence-corrected chi connectivity index (χ0v) is 24.7. The molecule has 4 aliphatic rings. The van der Waals surface area contributed by atoms with E-state index in [9.17, 15) is 29.1 Å². The van der Waals surface area contributed by atoms with Crippen molar-refractivity contribution in [2.24, 2.45) is 5.73 Å². The van der Waals surface area contributed by atoms with Crippen molar-refractivity contribution in [3.63, 3.8) is 0 Å². The van der Waals surface area contributed by atoms with E-state index < -0.39 is 34.9 Å². The van der Waals surface area contributed by atoms with Crippen molar-refractivity contribution < 1.29 is 38.4 Å². The number of nitrogens with one attached hydrogen (secondary N) is 1.